The van der Waals surface area contributed by atoms with Crippen LogP contribution in [0.4, 0.5) is 5.69 Å². The summed E-state index contributed by atoms with van der Waals surface area (Å²) >= 11 is 0. The summed E-state index contributed by atoms with van der Waals surface area (Å²) in [7, 11) is 1.56. The Labute approximate surface area is 164 Å². The zero-order chi connectivity index (χ0) is 20.2. The molecule has 0 spiro atoms. The molecule has 0 aliphatic heterocycles. The van der Waals surface area contributed by atoms with Gasteiger partial charge in [-0.2, -0.15) is 5.10 Å². The van der Waals surface area contributed by atoms with E-state index in [-0.39, 0.29) is 6.42 Å². The van der Waals surface area contributed by atoms with E-state index in [1.165, 1.54) is 6.21 Å². The van der Waals surface area contributed by atoms with Gasteiger partial charge in [-0.15, -0.1) is 0 Å². The molecule has 0 unspecified atom stereocenters. The lowest BCUT2D eigenvalue weighted by Crippen LogP contribution is -2.24. The average Bonchev–Trinajstić information content (AvgIpc) is 2.70. The van der Waals surface area contributed by atoms with Gasteiger partial charge in [0.25, 0.3) is 0 Å². The van der Waals surface area contributed by atoms with Gasteiger partial charge in [-0.1, -0.05) is 13.3 Å². The van der Waals surface area contributed by atoms with E-state index in [4.69, 9.17) is 9.47 Å². The molecule has 7 heteroatoms. The van der Waals surface area contributed by atoms with Crippen LogP contribution in [-0.4, -0.2) is 31.7 Å². The van der Waals surface area contributed by atoms with Crippen LogP contribution in [0.15, 0.2) is 53.6 Å². The van der Waals surface area contributed by atoms with Gasteiger partial charge in [0.05, 0.1) is 19.9 Å². The fourth-order valence-corrected chi connectivity index (χ4v) is 2.23. The summed E-state index contributed by atoms with van der Waals surface area (Å²) < 4.78 is 10.6. The molecule has 0 saturated heterocycles. The van der Waals surface area contributed by atoms with Crippen LogP contribution in [0, 0.1) is 0 Å². The molecule has 0 aromatic heterocycles. The number of hydrogen-bond acceptors (Lipinski definition) is 5. The van der Waals surface area contributed by atoms with Crippen molar-refractivity contribution in [3.05, 3.63) is 54.1 Å². The van der Waals surface area contributed by atoms with Crippen LogP contribution < -0.4 is 20.2 Å². The topological polar surface area (TPSA) is 89.0 Å². The average molecular weight is 383 g/mol. The van der Waals surface area contributed by atoms with Gasteiger partial charge in [0.15, 0.2) is 0 Å². The van der Waals surface area contributed by atoms with Crippen LogP contribution in [0.3, 0.4) is 0 Å². The third-order valence-corrected chi connectivity index (χ3v) is 3.74. The van der Waals surface area contributed by atoms with Gasteiger partial charge in [-0.3, -0.25) is 9.59 Å². The summed E-state index contributed by atoms with van der Waals surface area (Å²) in [5, 5.41) is 6.51. The molecule has 0 bridgehead atoms. The highest BCUT2D eigenvalue weighted by Crippen LogP contribution is 2.15. The molecule has 2 rings (SSSR count). The van der Waals surface area contributed by atoms with Gasteiger partial charge < -0.3 is 14.8 Å². The van der Waals surface area contributed by atoms with Crippen molar-refractivity contribution in [1.29, 1.82) is 0 Å². The predicted octanol–water partition coefficient (Wildman–Crippen LogP) is 3.35. The lowest BCUT2D eigenvalue weighted by molar-refractivity contribution is -0.126. The summed E-state index contributed by atoms with van der Waals surface area (Å²) in [6.45, 7) is 2.80. The predicted molar refractivity (Wildman–Crippen MR) is 109 cm³/mol. The second-order valence-corrected chi connectivity index (χ2v) is 6.02. The van der Waals surface area contributed by atoms with E-state index in [9.17, 15) is 9.59 Å². The Hall–Kier alpha value is -3.35. The number of amides is 2. The minimum Gasteiger partial charge on any atom is -0.497 e. The maximum atomic E-state index is 11.9. The zero-order valence-electron chi connectivity index (χ0n) is 16.1. The number of anilines is 1. The van der Waals surface area contributed by atoms with Gasteiger partial charge in [-0.25, -0.2) is 5.43 Å². The summed E-state index contributed by atoms with van der Waals surface area (Å²) in [6.07, 6.45) is 3.28. The summed E-state index contributed by atoms with van der Waals surface area (Å²) in [5.74, 6) is 0.559. The monoisotopic (exact) mass is 383 g/mol. The van der Waals surface area contributed by atoms with Crippen molar-refractivity contribution >= 4 is 23.7 Å². The molecule has 0 atom stereocenters. The van der Waals surface area contributed by atoms with Gasteiger partial charge in [0.1, 0.15) is 17.9 Å². The third-order valence-electron chi connectivity index (χ3n) is 3.74. The van der Waals surface area contributed by atoms with E-state index >= 15 is 0 Å². The molecular weight excluding hydrogens is 358 g/mol. The Kier molecular flexibility index (Phi) is 8.52. The molecular formula is C21H25N3O4. The number of nitrogens with zero attached hydrogens (tertiary/aromatic N) is 1. The first kappa shape index (κ1) is 21.0. The summed E-state index contributed by atoms with van der Waals surface area (Å²) in [5.41, 5.74) is 3.74. The van der Waals surface area contributed by atoms with Crippen LogP contribution in [0.1, 0.15) is 31.7 Å². The van der Waals surface area contributed by atoms with Crippen LogP contribution in [0.2, 0.25) is 0 Å². The lowest BCUT2D eigenvalue weighted by Gasteiger charge is -2.06. The number of carbonyl (C=O) groups is 2. The van der Waals surface area contributed by atoms with Crippen molar-refractivity contribution in [2.24, 2.45) is 5.10 Å². The molecule has 0 radical (unpaired) electrons. The van der Waals surface area contributed by atoms with Gasteiger partial charge in [0.2, 0.25) is 11.8 Å². The van der Waals surface area contributed by atoms with Gasteiger partial charge in [0, 0.05) is 5.69 Å². The number of rotatable bonds is 10. The minimum absolute atomic E-state index is 0.326. The standard InChI is InChI=1S/C21H25N3O4/c1-3-4-13-28-19-9-5-16(6-10-19)15-22-24-21(26)14-20(25)23-17-7-11-18(27-2)12-8-17/h5-12,15H,3-4,13-14H2,1-2H3,(H,23,25)(H,24,26). The zero-order valence-corrected chi connectivity index (χ0v) is 16.1. The number of unbranched alkanes of at least 4 members (excludes halogenated alkanes) is 1. The first-order valence-corrected chi connectivity index (χ1v) is 9.09. The van der Waals surface area contributed by atoms with E-state index in [0.29, 0.717) is 18.0 Å². The SMILES string of the molecule is CCCCOc1ccc(C=NNC(=O)CC(=O)Nc2ccc(OC)cc2)cc1. The van der Waals surface area contributed by atoms with Gasteiger partial charge in [-0.05, 0) is 60.5 Å². The fraction of sp³-hybridized carbons (Fsp3) is 0.286. The van der Waals surface area contributed by atoms with Crippen LogP contribution in [0.25, 0.3) is 0 Å². The maximum Gasteiger partial charge on any atom is 0.249 e. The van der Waals surface area contributed by atoms with E-state index in [1.54, 1.807) is 31.4 Å². The van der Waals surface area contributed by atoms with E-state index in [0.717, 1.165) is 24.2 Å². The van der Waals surface area contributed by atoms with E-state index in [2.05, 4.69) is 22.8 Å². The van der Waals surface area contributed by atoms with Gasteiger partial charge >= 0.3 is 0 Å². The summed E-state index contributed by atoms with van der Waals surface area (Å²) in [6, 6.07) is 14.2. The molecule has 148 valence electrons. The molecule has 2 aromatic carbocycles. The number of nitrogens with one attached hydrogen (secondary N) is 2. The van der Waals surface area contributed by atoms with E-state index < -0.39 is 11.8 Å². The largest absolute Gasteiger partial charge is 0.497 e. The molecule has 0 heterocycles. The highest BCUT2D eigenvalue weighted by molar-refractivity contribution is 6.03. The quantitative estimate of drug-likeness (QED) is 0.285. The minimum atomic E-state index is -0.498. The van der Waals surface area contributed by atoms with Crippen molar-refractivity contribution in [2.45, 2.75) is 26.2 Å². The normalized spacial score (nSPS) is 10.5. The molecule has 7 nitrogen and oxygen atoms in total. The Morgan fingerprint density at radius 1 is 1.00 bits per heavy atom. The Morgan fingerprint density at radius 3 is 2.32 bits per heavy atom. The Balaban J connectivity index is 1.73. The van der Waals surface area contributed by atoms with Crippen molar-refractivity contribution in [3.8, 4) is 11.5 Å². The second-order valence-electron chi connectivity index (χ2n) is 6.02. The van der Waals surface area contributed by atoms with Crippen LogP contribution >= 0.6 is 0 Å². The third kappa shape index (κ3) is 7.49. The molecule has 0 aliphatic rings. The maximum absolute atomic E-state index is 11.9. The van der Waals surface area contributed by atoms with Crippen LogP contribution in [-0.2, 0) is 9.59 Å². The number of carbonyl (C=O) groups excluding carboxylic acids is 2. The van der Waals surface area contributed by atoms with E-state index in [1.807, 2.05) is 24.3 Å². The summed E-state index contributed by atoms with van der Waals surface area (Å²) in [4.78, 5) is 23.7. The number of ether oxygens (including phenoxy) is 2. The Bertz CT molecular complexity index is 786. The first-order valence-electron chi connectivity index (χ1n) is 9.09. The molecule has 2 aromatic rings. The molecule has 0 fully saturated rings. The smallest absolute Gasteiger partial charge is 0.249 e. The van der Waals surface area contributed by atoms with Crippen molar-refractivity contribution in [3.63, 3.8) is 0 Å². The number of methoxy groups -OCH3 is 1. The molecule has 28 heavy (non-hydrogen) atoms. The number of hydrogen-bond donors (Lipinski definition) is 2. The molecule has 0 saturated carbocycles. The lowest BCUT2D eigenvalue weighted by atomic mass is 10.2. The van der Waals surface area contributed by atoms with Crippen LogP contribution in [0.5, 0.6) is 11.5 Å². The second kappa shape index (κ2) is 11.4. The Morgan fingerprint density at radius 2 is 1.68 bits per heavy atom. The highest BCUT2D eigenvalue weighted by Gasteiger charge is 2.09. The number of hydrazone groups is 1. The molecule has 2 amide bonds. The number of benzene rings is 2. The molecule has 2 N–H and O–H groups in total. The van der Waals surface area contributed by atoms with Crippen molar-refractivity contribution in [2.75, 3.05) is 19.0 Å². The van der Waals surface area contributed by atoms with Crippen molar-refractivity contribution < 1.29 is 19.1 Å². The first-order chi connectivity index (χ1) is 13.6. The highest BCUT2D eigenvalue weighted by atomic mass is 16.5. The van der Waals surface area contributed by atoms with Crippen molar-refractivity contribution in [1.82, 2.24) is 5.43 Å². The fourth-order valence-electron chi connectivity index (χ4n) is 2.23. The molecule has 0 aliphatic carbocycles.